The summed E-state index contributed by atoms with van der Waals surface area (Å²) in [5, 5.41) is 22.9. The van der Waals surface area contributed by atoms with Crippen molar-refractivity contribution in [3.8, 4) is 16.9 Å². The fraction of sp³-hybridized carbons (Fsp3) is 0.0500. The molecular formula is C20H15N5O2. The van der Waals surface area contributed by atoms with Crippen molar-refractivity contribution >= 4 is 22.6 Å². The number of aromatic nitrogens is 3. The van der Waals surface area contributed by atoms with Gasteiger partial charge in [-0.1, -0.05) is 36.4 Å². The van der Waals surface area contributed by atoms with Crippen molar-refractivity contribution in [2.45, 2.75) is 6.04 Å². The van der Waals surface area contributed by atoms with Crippen molar-refractivity contribution in [1.82, 2.24) is 15.2 Å². The van der Waals surface area contributed by atoms with E-state index in [1.807, 2.05) is 42.6 Å². The number of nitrogens with two attached hydrogens (primary N) is 1. The molecular weight excluding hydrogens is 342 g/mol. The van der Waals surface area contributed by atoms with Crippen LogP contribution in [-0.4, -0.2) is 26.2 Å². The number of carbonyl (C=O) groups is 1. The van der Waals surface area contributed by atoms with Gasteiger partial charge in [0.05, 0.1) is 6.04 Å². The number of aromatic hydroxyl groups is 1. The number of aromatic amines is 1. The monoisotopic (exact) mass is 357 g/mol. The molecule has 0 fully saturated rings. The quantitative estimate of drug-likeness (QED) is 0.440. The minimum atomic E-state index is -0.637. The van der Waals surface area contributed by atoms with Gasteiger partial charge in [0.15, 0.2) is 11.3 Å². The molecule has 1 unspecified atom stereocenters. The third-order valence-corrected chi connectivity index (χ3v) is 4.92. The molecule has 0 saturated carbocycles. The molecule has 1 aliphatic heterocycles. The van der Waals surface area contributed by atoms with Gasteiger partial charge in [0, 0.05) is 39.5 Å². The van der Waals surface area contributed by atoms with E-state index < -0.39 is 5.91 Å². The molecule has 5 rings (SSSR count). The Kier molecular flexibility index (Phi) is 3.17. The summed E-state index contributed by atoms with van der Waals surface area (Å²) in [6, 6.07) is 14.5. The maximum Gasteiger partial charge on any atom is 0.269 e. The molecule has 0 radical (unpaired) electrons. The Morgan fingerprint density at radius 2 is 1.81 bits per heavy atom. The molecule has 3 heterocycles. The second-order valence-electron chi connectivity index (χ2n) is 6.44. The highest BCUT2D eigenvalue weighted by molar-refractivity contribution is 6.10. The first kappa shape index (κ1) is 15.4. The summed E-state index contributed by atoms with van der Waals surface area (Å²) in [7, 11) is 0. The number of phenolic OH excluding ortho intramolecular Hbond substituents is 1. The number of para-hydroxylation sites is 2. The molecule has 0 bridgehead atoms. The van der Waals surface area contributed by atoms with E-state index in [1.165, 1.54) is 0 Å². The van der Waals surface area contributed by atoms with Crippen molar-refractivity contribution in [3.63, 3.8) is 0 Å². The van der Waals surface area contributed by atoms with Crippen molar-refractivity contribution in [2.75, 3.05) is 5.32 Å². The molecule has 1 amide bonds. The highest BCUT2D eigenvalue weighted by Gasteiger charge is 2.30. The van der Waals surface area contributed by atoms with Gasteiger partial charge in [-0.3, -0.25) is 4.79 Å². The summed E-state index contributed by atoms with van der Waals surface area (Å²) in [6.07, 6.45) is 1.82. The van der Waals surface area contributed by atoms with Gasteiger partial charge in [-0.2, -0.15) is 0 Å². The summed E-state index contributed by atoms with van der Waals surface area (Å²) in [6.45, 7) is 0. The zero-order valence-corrected chi connectivity index (χ0v) is 14.1. The molecule has 7 nitrogen and oxygen atoms in total. The number of primary amides is 1. The summed E-state index contributed by atoms with van der Waals surface area (Å²) in [5.74, 6) is -0.454. The molecule has 132 valence electrons. The SMILES string of the molecule is NC(=O)c1nnc2[nH]cc3c2c1-c1ccccc1NC3c1ccccc1O. The number of hydrogen-bond acceptors (Lipinski definition) is 5. The molecule has 7 heteroatoms. The first-order chi connectivity index (χ1) is 13.1. The van der Waals surface area contributed by atoms with Gasteiger partial charge in [-0.15, -0.1) is 10.2 Å². The first-order valence-electron chi connectivity index (χ1n) is 8.46. The highest BCUT2D eigenvalue weighted by atomic mass is 16.3. The number of hydrogen-bond donors (Lipinski definition) is 4. The average molecular weight is 357 g/mol. The van der Waals surface area contributed by atoms with E-state index in [4.69, 9.17) is 5.73 Å². The lowest BCUT2D eigenvalue weighted by molar-refractivity contribution is 0.0995. The molecule has 1 aliphatic rings. The van der Waals surface area contributed by atoms with Crippen molar-refractivity contribution in [3.05, 3.63) is 71.5 Å². The molecule has 5 N–H and O–H groups in total. The maximum absolute atomic E-state index is 12.1. The van der Waals surface area contributed by atoms with Gasteiger partial charge < -0.3 is 21.1 Å². The van der Waals surface area contributed by atoms with Crippen LogP contribution in [0, 0.1) is 0 Å². The topological polar surface area (TPSA) is 117 Å². The standard InChI is InChI=1S/C20H15N5O2/c21-19(27)18-15-10-5-1-3-7-13(10)23-17(11-6-2-4-8-14(11)26)12-9-22-20(16(12)15)25-24-18/h1-9,17,23,26H,(H2,21,27)(H,22,25). The predicted molar refractivity (Wildman–Crippen MR) is 101 cm³/mol. The summed E-state index contributed by atoms with van der Waals surface area (Å²) >= 11 is 0. The van der Waals surface area contributed by atoms with Crippen LogP contribution in [-0.2, 0) is 0 Å². The Balaban J connectivity index is 1.92. The third-order valence-electron chi connectivity index (χ3n) is 4.92. The molecule has 0 spiro atoms. The van der Waals surface area contributed by atoms with Gasteiger partial charge in [-0.05, 0) is 12.1 Å². The number of nitrogens with zero attached hydrogens (tertiary/aromatic N) is 2. The zero-order valence-electron chi connectivity index (χ0n) is 14.1. The predicted octanol–water partition coefficient (Wildman–Crippen LogP) is 2.94. The van der Waals surface area contributed by atoms with Crippen molar-refractivity contribution in [1.29, 1.82) is 0 Å². The Morgan fingerprint density at radius 1 is 1.04 bits per heavy atom. The molecule has 2 aromatic carbocycles. The maximum atomic E-state index is 12.1. The largest absolute Gasteiger partial charge is 0.508 e. The highest BCUT2D eigenvalue weighted by Crippen LogP contribution is 2.45. The zero-order chi connectivity index (χ0) is 18.5. The van der Waals surface area contributed by atoms with E-state index in [0.29, 0.717) is 11.2 Å². The fourth-order valence-electron chi connectivity index (χ4n) is 3.74. The minimum absolute atomic E-state index is 0.121. The molecule has 4 aromatic rings. The minimum Gasteiger partial charge on any atom is -0.508 e. The van der Waals surface area contributed by atoms with Gasteiger partial charge in [0.2, 0.25) is 0 Å². The van der Waals surface area contributed by atoms with Crippen LogP contribution in [0.2, 0.25) is 0 Å². The number of benzene rings is 2. The first-order valence-corrected chi connectivity index (χ1v) is 8.46. The van der Waals surface area contributed by atoms with Crippen LogP contribution in [0.15, 0.2) is 54.7 Å². The summed E-state index contributed by atoms with van der Waals surface area (Å²) in [4.78, 5) is 15.2. The number of rotatable bonds is 2. The second kappa shape index (κ2) is 5.57. The third kappa shape index (κ3) is 2.18. The molecule has 1 atom stereocenters. The van der Waals surface area contributed by atoms with Gasteiger partial charge in [-0.25, -0.2) is 0 Å². The van der Waals surface area contributed by atoms with Crippen LogP contribution in [0.3, 0.4) is 0 Å². The van der Waals surface area contributed by atoms with E-state index in [1.54, 1.807) is 12.1 Å². The van der Waals surface area contributed by atoms with Crippen LogP contribution in [0.25, 0.3) is 22.2 Å². The number of phenols is 1. The molecule has 0 saturated heterocycles. The Bertz CT molecular complexity index is 1210. The lowest BCUT2D eigenvalue weighted by atomic mass is 9.95. The van der Waals surface area contributed by atoms with E-state index in [0.717, 1.165) is 27.8 Å². The van der Waals surface area contributed by atoms with Crippen LogP contribution >= 0.6 is 0 Å². The van der Waals surface area contributed by atoms with Crippen molar-refractivity contribution < 1.29 is 9.90 Å². The Morgan fingerprint density at radius 3 is 2.63 bits per heavy atom. The van der Waals surface area contributed by atoms with Gasteiger partial charge >= 0.3 is 0 Å². The molecule has 27 heavy (non-hydrogen) atoms. The van der Waals surface area contributed by atoms with Crippen LogP contribution in [0.4, 0.5) is 5.69 Å². The van der Waals surface area contributed by atoms with E-state index in [-0.39, 0.29) is 17.5 Å². The molecule has 0 aliphatic carbocycles. The number of amides is 1. The van der Waals surface area contributed by atoms with Gasteiger partial charge in [0.1, 0.15) is 5.75 Å². The number of H-pyrrole nitrogens is 1. The number of nitrogens with one attached hydrogen (secondary N) is 2. The number of fused-ring (bicyclic) bond motifs is 2. The lowest BCUT2D eigenvalue weighted by Gasteiger charge is -2.20. The molecule has 2 aromatic heterocycles. The van der Waals surface area contributed by atoms with E-state index in [2.05, 4.69) is 20.5 Å². The summed E-state index contributed by atoms with van der Waals surface area (Å²) in [5.41, 5.74) is 10.1. The smallest absolute Gasteiger partial charge is 0.269 e. The summed E-state index contributed by atoms with van der Waals surface area (Å²) < 4.78 is 0. The number of anilines is 1. The van der Waals surface area contributed by atoms with Crippen LogP contribution < -0.4 is 11.1 Å². The van der Waals surface area contributed by atoms with E-state index >= 15 is 0 Å². The van der Waals surface area contributed by atoms with Gasteiger partial charge in [0.25, 0.3) is 5.91 Å². The Hall–Kier alpha value is -3.87. The van der Waals surface area contributed by atoms with Crippen molar-refractivity contribution in [2.24, 2.45) is 5.73 Å². The second-order valence-corrected chi connectivity index (χ2v) is 6.44. The fourth-order valence-corrected chi connectivity index (χ4v) is 3.74. The average Bonchev–Trinajstić information content (AvgIpc) is 3.04. The number of carbonyl (C=O) groups excluding carboxylic acids is 1. The van der Waals surface area contributed by atoms with Crippen LogP contribution in [0.1, 0.15) is 27.7 Å². The lowest BCUT2D eigenvalue weighted by Crippen LogP contribution is -2.15. The normalized spacial score (nSPS) is 15.0. The van der Waals surface area contributed by atoms with E-state index in [9.17, 15) is 9.90 Å². The van der Waals surface area contributed by atoms with Crippen LogP contribution in [0.5, 0.6) is 5.75 Å². The Labute approximate surface area is 153 Å².